The highest BCUT2D eigenvalue weighted by molar-refractivity contribution is 6.33. The molecule has 0 aliphatic carbocycles. The topological polar surface area (TPSA) is 50.2 Å². The summed E-state index contributed by atoms with van der Waals surface area (Å²) in [7, 11) is 0. The molecular weight excluding hydrogens is 298 g/mol. The highest BCUT2D eigenvalue weighted by atomic mass is 35.5. The van der Waals surface area contributed by atoms with E-state index in [9.17, 15) is 4.79 Å². The molecule has 0 atom stereocenters. The normalized spacial score (nSPS) is 10.4. The zero-order valence-electron chi connectivity index (χ0n) is 11.5. The van der Waals surface area contributed by atoms with E-state index >= 15 is 0 Å². The number of hydrogen-bond acceptors (Lipinski definition) is 2. The summed E-state index contributed by atoms with van der Waals surface area (Å²) in [6.45, 7) is 0. The average molecular weight is 310 g/mol. The molecule has 2 aromatic carbocycles. The molecular formula is C18H12ClNO2. The van der Waals surface area contributed by atoms with Crippen molar-refractivity contribution in [3.05, 3.63) is 77.4 Å². The van der Waals surface area contributed by atoms with Gasteiger partial charge >= 0.3 is 5.97 Å². The molecule has 22 heavy (non-hydrogen) atoms. The lowest BCUT2D eigenvalue weighted by atomic mass is 10.0. The number of carboxylic acids is 1. The maximum Gasteiger partial charge on any atom is 0.337 e. The van der Waals surface area contributed by atoms with Gasteiger partial charge in [0.1, 0.15) is 0 Å². The van der Waals surface area contributed by atoms with Crippen LogP contribution in [-0.4, -0.2) is 16.1 Å². The van der Waals surface area contributed by atoms with Crippen molar-refractivity contribution in [2.75, 3.05) is 0 Å². The van der Waals surface area contributed by atoms with Crippen molar-refractivity contribution >= 4 is 17.6 Å². The van der Waals surface area contributed by atoms with Crippen LogP contribution in [0.25, 0.3) is 22.4 Å². The standard InChI is InChI=1S/C18H12ClNO2/c19-16-7-2-1-6-15(16)12-4-3-5-13(10-12)17-9-8-14(11-20-17)18(21)22/h1-11H,(H,21,22). The molecule has 0 aliphatic rings. The number of carboxylic acid groups (broad SMARTS) is 1. The lowest BCUT2D eigenvalue weighted by molar-refractivity contribution is 0.0696. The third kappa shape index (κ3) is 2.85. The summed E-state index contributed by atoms with van der Waals surface area (Å²) in [5, 5.41) is 9.60. The van der Waals surface area contributed by atoms with Gasteiger partial charge in [-0.1, -0.05) is 48.0 Å². The molecule has 1 N–H and O–H groups in total. The number of pyridine rings is 1. The molecule has 1 heterocycles. The van der Waals surface area contributed by atoms with Crippen molar-refractivity contribution in [2.45, 2.75) is 0 Å². The fourth-order valence-electron chi connectivity index (χ4n) is 2.23. The molecule has 1 aromatic heterocycles. The number of aromatic nitrogens is 1. The van der Waals surface area contributed by atoms with E-state index in [4.69, 9.17) is 16.7 Å². The predicted octanol–water partition coefficient (Wildman–Crippen LogP) is 4.77. The third-order valence-corrected chi connectivity index (χ3v) is 3.68. The molecule has 0 radical (unpaired) electrons. The van der Waals surface area contributed by atoms with Crippen LogP contribution in [0, 0.1) is 0 Å². The van der Waals surface area contributed by atoms with Gasteiger partial charge in [0.2, 0.25) is 0 Å². The van der Waals surface area contributed by atoms with Gasteiger partial charge in [0.15, 0.2) is 0 Å². The number of benzene rings is 2. The minimum atomic E-state index is -0.983. The maximum atomic E-state index is 10.9. The monoisotopic (exact) mass is 309 g/mol. The van der Waals surface area contributed by atoms with E-state index in [0.717, 1.165) is 22.4 Å². The molecule has 0 saturated heterocycles. The first-order chi connectivity index (χ1) is 10.6. The fourth-order valence-corrected chi connectivity index (χ4v) is 2.48. The van der Waals surface area contributed by atoms with Crippen molar-refractivity contribution in [1.82, 2.24) is 4.98 Å². The van der Waals surface area contributed by atoms with E-state index in [0.29, 0.717) is 5.02 Å². The molecule has 0 bridgehead atoms. The number of halogens is 1. The SMILES string of the molecule is O=C(O)c1ccc(-c2cccc(-c3ccccc3Cl)c2)nc1. The van der Waals surface area contributed by atoms with Crippen LogP contribution in [0.15, 0.2) is 66.9 Å². The zero-order valence-corrected chi connectivity index (χ0v) is 12.3. The van der Waals surface area contributed by atoms with E-state index in [1.165, 1.54) is 6.20 Å². The Morgan fingerprint density at radius 2 is 1.73 bits per heavy atom. The van der Waals surface area contributed by atoms with Crippen LogP contribution in [0.3, 0.4) is 0 Å². The molecule has 0 unspecified atom stereocenters. The van der Waals surface area contributed by atoms with E-state index in [1.54, 1.807) is 12.1 Å². The molecule has 4 heteroatoms. The lowest BCUT2D eigenvalue weighted by Gasteiger charge is -2.07. The Kier molecular flexibility index (Phi) is 3.90. The molecule has 108 valence electrons. The van der Waals surface area contributed by atoms with Gasteiger partial charge < -0.3 is 5.11 Å². The van der Waals surface area contributed by atoms with Crippen LogP contribution in [0.1, 0.15) is 10.4 Å². The Bertz CT molecular complexity index is 829. The smallest absolute Gasteiger partial charge is 0.337 e. The van der Waals surface area contributed by atoms with Crippen LogP contribution >= 0.6 is 11.6 Å². The van der Waals surface area contributed by atoms with E-state index in [1.807, 2.05) is 48.5 Å². The largest absolute Gasteiger partial charge is 0.478 e. The fraction of sp³-hybridized carbons (Fsp3) is 0. The minimum absolute atomic E-state index is 0.172. The number of rotatable bonds is 3. The average Bonchev–Trinajstić information content (AvgIpc) is 2.55. The maximum absolute atomic E-state index is 10.9. The van der Waals surface area contributed by atoms with Gasteiger partial charge in [-0.3, -0.25) is 4.98 Å². The van der Waals surface area contributed by atoms with Crippen molar-refractivity contribution in [1.29, 1.82) is 0 Å². The minimum Gasteiger partial charge on any atom is -0.478 e. The van der Waals surface area contributed by atoms with Crippen molar-refractivity contribution in [3.63, 3.8) is 0 Å². The van der Waals surface area contributed by atoms with Crippen LogP contribution in [-0.2, 0) is 0 Å². The summed E-state index contributed by atoms with van der Waals surface area (Å²) < 4.78 is 0. The van der Waals surface area contributed by atoms with Gasteiger partial charge in [-0.05, 0) is 29.8 Å². The second kappa shape index (κ2) is 6.00. The molecule has 0 fully saturated rings. The van der Waals surface area contributed by atoms with Crippen LogP contribution < -0.4 is 0 Å². The summed E-state index contributed by atoms with van der Waals surface area (Å²) in [5.41, 5.74) is 3.75. The van der Waals surface area contributed by atoms with Gasteiger partial charge in [-0.2, -0.15) is 0 Å². The summed E-state index contributed by atoms with van der Waals surface area (Å²) in [4.78, 5) is 15.1. The number of hydrogen-bond donors (Lipinski definition) is 1. The van der Waals surface area contributed by atoms with Gasteiger partial charge in [0, 0.05) is 22.3 Å². The van der Waals surface area contributed by atoms with E-state index in [-0.39, 0.29) is 5.56 Å². The quantitative estimate of drug-likeness (QED) is 0.758. The van der Waals surface area contributed by atoms with Gasteiger partial charge in [-0.15, -0.1) is 0 Å². The first-order valence-electron chi connectivity index (χ1n) is 6.70. The third-order valence-electron chi connectivity index (χ3n) is 3.35. The first-order valence-corrected chi connectivity index (χ1v) is 7.07. The van der Waals surface area contributed by atoms with Crippen molar-refractivity contribution in [2.24, 2.45) is 0 Å². The van der Waals surface area contributed by atoms with E-state index in [2.05, 4.69) is 4.98 Å². The molecule has 3 nitrogen and oxygen atoms in total. The first kappa shape index (κ1) is 14.3. The lowest BCUT2D eigenvalue weighted by Crippen LogP contribution is -1.97. The number of aromatic carboxylic acids is 1. The highest BCUT2D eigenvalue weighted by Gasteiger charge is 2.07. The van der Waals surface area contributed by atoms with Gasteiger partial charge in [0.25, 0.3) is 0 Å². The number of carbonyl (C=O) groups is 1. The van der Waals surface area contributed by atoms with Crippen LogP contribution in [0.5, 0.6) is 0 Å². The Morgan fingerprint density at radius 1 is 0.955 bits per heavy atom. The van der Waals surface area contributed by atoms with Crippen LogP contribution in [0.4, 0.5) is 0 Å². The molecule has 0 spiro atoms. The summed E-state index contributed by atoms with van der Waals surface area (Å²) in [5.74, 6) is -0.983. The van der Waals surface area contributed by atoms with E-state index < -0.39 is 5.97 Å². The van der Waals surface area contributed by atoms with Crippen molar-refractivity contribution < 1.29 is 9.90 Å². The summed E-state index contributed by atoms with van der Waals surface area (Å²) in [6, 6.07) is 18.7. The Balaban J connectivity index is 2.01. The second-order valence-corrected chi connectivity index (χ2v) is 5.21. The zero-order chi connectivity index (χ0) is 15.5. The molecule has 0 saturated carbocycles. The molecule has 0 aliphatic heterocycles. The van der Waals surface area contributed by atoms with Crippen LogP contribution in [0.2, 0.25) is 5.02 Å². The molecule has 0 amide bonds. The molecule has 3 aromatic rings. The Morgan fingerprint density at radius 3 is 2.41 bits per heavy atom. The highest BCUT2D eigenvalue weighted by Crippen LogP contribution is 2.30. The predicted molar refractivity (Wildman–Crippen MR) is 87.1 cm³/mol. The van der Waals surface area contributed by atoms with Crippen molar-refractivity contribution in [3.8, 4) is 22.4 Å². The Labute approximate surface area is 132 Å². The Hall–Kier alpha value is -2.65. The van der Waals surface area contributed by atoms with Gasteiger partial charge in [0.05, 0.1) is 11.3 Å². The van der Waals surface area contributed by atoms with Gasteiger partial charge in [-0.25, -0.2) is 4.79 Å². The summed E-state index contributed by atoms with van der Waals surface area (Å²) >= 11 is 6.23. The molecule has 3 rings (SSSR count). The summed E-state index contributed by atoms with van der Waals surface area (Å²) in [6.07, 6.45) is 1.36. The number of nitrogens with zero attached hydrogens (tertiary/aromatic N) is 1. The second-order valence-electron chi connectivity index (χ2n) is 4.80.